The molecule has 2 aromatic rings. The highest BCUT2D eigenvalue weighted by atomic mass is 16.5. The first-order valence-electron chi connectivity index (χ1n) is 6.69. The van der Waals surface area contributed by atoms with Crippen molar-refractivity contribution in [3.8, 4) is 11.8 Å². The van der Waals surface area contributed by atoms with Crippen molar-refractivity contribution in [2.45, 2.75) is 20.0 Å². The van der Waals surface area contributed by atoms with E-state index in [4.69, 9.17) is 10.5 Å². The Kier molecular flexibility index (Phi) is 4.57. The molecule has 0 spiro atoms. The lowest BCUT2D eigenvalue weighted by Crippen LogP contribution is -2.06. The summed E-state index contributed by atoms with van der Waals surface area (Å²) >= 11 is 0. The van der Waals surface area contributed by atoms with Gasteiger partial charge in [-0.05, 0) is 43.7 Å². The van der Waals surface area contributed by atoms with E-state index >= 15 is 0 Å². The molecule has 0 aliphatic carbocycles. The van der Waals surface area contributed by atoms with Crippen molar-refractivity contribution in [3.63, 3.8) is 0 Å². The van der Waals surface area contributed by atoms with E-state index in [1.807, 2.05) is 38.1 Å². The summed E-state index contributed by atoms with van der Waals surface area (Å²) in [6, 6.07) is 13.1. The zero-order valence-corrected chi connectivity index (χ0v) is 12.1. The Balaban J connectivity index is 2.44. The number of pyridine rings is 1. The molecule has 2 N–H and O–H groups in total. The molecule has 0 aliphatic rings. The fraction of sp³-hybridized carbons (Fsp3) is 0.176. The van der Waals surface area contributed by atoms with E-state index in [0.717, 1.165) is 16.9 Å². The van der Waals surface area contributed by atoms with Gasteiger partial charge in [0.25, 0.3) is 0 Å². The topological polar surface area (TPSA) is 71.9 Å². The highest BCUT2D eigenvalue weighted by Crippen LogP contribution is 2.24. The normalized spacial score (nSPS) is 11.7. The molecule has 0 fully saturated rings. The van der Waals surface area contributed by atoms with Gasteiger partial charge in [0.2, 0.25) is 0 Å². The Morgan fingerprint density at radius 1 is 1.19 bits per heavy atom. The van der Waals surface area contributed by atoms with E-state index in [1.165, 1.54) is 0 Å². The lowest BCUT2D eigenvalue weighted by Gasteiger charge is -2.12. The molecule has 4 nitrogen and oxygen atoms in total. The third kappa shape index (κ3) is 3.61. The Bertz CT molecular complexity index is 685. The van der Waals surface area contributed by atoms with Gasteiger partial charge >= 0.3 is 0 Å². The zero-order chi connectivity index (χ0) is 15.2. The maximum absolute atomic E-state index is 9.39. The molecule has 0 amide bonds. The van der Waals surface area contributed by atoms with E-state index in [1.54, 1.807) is 24.5 Å². The lowest BCUT2D eigenvalue weighted by molar-refractivity contribution is 0.242. The van der Waals surface area contributed by atoms with Crippen LogP contribution in [-0.4, -0.2) is 11.1 Å². The SMILES string of the molecule is CC(C)Oc1cccc(/C(N)=C(/C#N)c2ccncc2)c1. The van der Waals surface area contributed by atoms with Crippen molar-refractivity contribution < 1.29 is 4.74 Å². The molecule has 0 saturated carbocycles. The fourth-order valence-electron chi connectivity index (χ4n) is 1.95. The molecule has 0 aliphatic heterocycles. The van der Waals surface area contributed by atoms with Crippen LogP contribution in [0.15, 0.2) is 48.8 Å². The number of ether oxygens (including phenoxy) is 1. The average Bonchev–Trinajstić information content (AvgIpc) is 2.48. The minimum atomic E-state index is 0.0843. The fourth-order valence-corrected chi connectivity index (χ4v) is 1.95. The smallest absolute Gasteiger partial charge is 0.120 e. The average molecular weight is 279 g/mol. The maximum Gasteiger partial charge on any atom is 0.120 e. The van der Waals surface area contributed by atoms with Gasteiger partial charge in [0.1, 0.15) is 11.8 Å². The van der Waals surface area contributed by atoms with Crippen LogP contribution >= 0.6 is 0 Å². The predicted octanol–water partition coefficient (Wildman–Crippen LogP) is 3.22. The molecule has 1 heterocycles. The number of aromatic nitrogens is 1. The van der Waals surface area contributed by atoms with Gasteiger partial charge in [0.15, 0.2) is 0 Å². The number of hydrogen-bond donors (Lipinski definition) is 1. The van der Waals surface area contributed by atoms with E-state index in [9.17, 15) is 5.26 Å². The molecule has 0 bridgehead atoms. The molecule has 4 heteroatoms. The van der Waals surface area contributed by atoms with Gasteiger partial charge in [-0.3, -0.25) is 4.98 Å². The highest BCUT2D eigenvalue weighted by Gasteiger charge is 2.09. The Morgan fingerprint density at radius 2 is 1.90 bits per heavy atom. The van der Waals surface area contributed by atoms with Crippen LogP contribution in [0.2, 0.25) is 0 Å². The number of hydrogen-bond acceptors (Lipinski definition) is 4. The number of benzene rings is 1. The molecular formula is C17H17N3O. The van der Waals surface area contributed by atoms with Crippen LogP contribution in [0.3, 0.4) is 0 Å². The van der Waals surface area contributed by atoms with E-state index in [0.29, 0.717) is 11.3 Å². The largest absolute Gasteiger partial charge is 0.491 e. The molecule has 0 saturated heterocycles. The predicted molar refractivity (Wildman–Crippen MR) is 83.1 cm³/mol. The zero-order valence-electron chi connectivity index (χ0n) is 12.1. The number of nitrogens with zero attached hydrogens (tertiary/aromatic N) is 2. The Morgan fingerprint density at radius 3 is 2.52 bits per heavy atom. The maximum atomic E-state index is 9.39. The van der Waals surface area contributed by atoms with Gasteiger partial charge in [0, 0.05) is 18.0 Å². The monoisotopic (exact) mass is 279 g/mol. The number of nitriles is 1. The first-order valence-corrected chi connectivity index (χ1v) is 6.69. The third-order valence-corrected chi connectivity index (χ3v) is 2.87. The van der Waals surface area contributed by atoms with Crippen molar-refractivity contribution >= 4 is 11.3 Å². The first kappa shape index (κ1) is 14.6. The quantitative estimate of drug-likeness (QED) is 0.872. The third-order valence-electron chi connectivity index (χ3n) is 2.87. The molecule has 106 valence electrons. The van der Waals surface area contributed by atoms with Gasteiger partial charge in [-0.15, -0.1) is 0 Å². The van der Waals surface area contributed by atoms with Gasteiger partial charge < -0.3 is 10.5 Å². The van der Waals surface area contributed by atoms with Gasteiger partial charge in [-0.25, -0.2) is 0 Å². The Hall–Kier alpha value is -2.80. The molecular weight excluding hydrogens is 262 g/mol. The summed E-state index contributed by atoms with van der Waals surface area (Å²) < 4.78 is 5.65. The van der Waals surface area contributed by atoms with Crippen LogP contribution in [0.5, 0.6) is 5.75 Å². The van der Waals surface area contributed by atoms with Gasteiger partial charge in [-0.2, -0.15) is 5.26 Å². The summed E-state index contributed by atoms with van der Waals surface area (Å²) in [5.74, 6) is 0.734. The highest BCUT2D eigenvalue weighted by molar-refractivity contribution is 5.96. The summed E-state index contributed by atoms with van der Waals surface area (Å²) in [7, 11) is 0. The van der Waals surface area contributed by atoms with Gasteiger partial charge in [-0.1, -0.05) is 12.1 Å². The van der Waals surface area contributed by atoms with E-state index in [-0.39, 0.29) is 6.10 Å². The Labute approximate surface area is 124 Å². The van der Waals surface area contributed by atoms with Crippen molar-refractivity contribution in [2.24, 2.45) is 5.73 Å². The minimum Gasteiger partial charge on any atom is -0.491 e. The second-order valence-corrected chi connectivity index (χ2v) is 4.83. The van der Waals surface area contributed by atoms with Crippen molar-refractivity contribution in [2.75, 3.05) is 0 Å². The molecule has 21 heavy (non-hydrogen) atoms. The van der Waals surface area contributed by atoms with Gasteiger partial charge in [0.05, 0.1) is 17.4 Å². The van der Waals surface area contributed by atoms with Crippen molar-refractivity contribution in [1.29, 1.82) is 5.26 Å². The molecule has 2 rings (SSSR count). The standard InChI is InChI=1S/C17H17N3O/c1-12(2)21-15-5-3-4-14(10-15)17(19)16(11-18)13-6-8-20-9-7-13/h3-10,12H,19H2,1-2H3/b17-16+. The number of rotatable bonds is 4. The second kappa shape index (κ2) is 6.58. The van der Waals surface area contributed by atoms with Crippen molar-refractivity contribution in [1.82, 2.24) is 4.98 Å². The van der Waals surface area contributed by atoms with Crippen LogP contribution < -0.4 is 10.5 Å². The summed E-state index contributed by atoms with van der Waals surface area (Å²) in [6.07, 6.45) is 3.36. The molecule has 1 aromatic carbocycles. The van der Waals surface area contributed by atoms with Crippen LogP contribution in [0.25, 0.3) is 11.3 Å². The molecule has 0 atom stereocenters. The van der Waals surface area contributed by atoms with E-state index in [2.05, 4.69) is 11.1 Å². The lowest BCUT2D eigenvalue weighted by atomic mass is 10.0. The number of nitrogens with two attached hydrogens (primary N) is 1. The summed E-state index contributed by atoms with van der Waals surface area (Å²) in [5, 5.41) is 9.39. The number of allylic oxidation sites excluding steroid dienone is 1. The molecule has 1 aromatic heterocycles. The van der Waals surface area contributed by atoms with E-state index < -0.39 is 0 Å². The second-order valence-electron chi connectivity index (χ2n) is 4.83. The first-order chi connectivity index (χ1) is 10.1. The van der Waals surface area contributed by atoms with Crippen molar-refractivity contribution in [3.05, 3.63) is 59.9 Å². The summed E-state index contributed by atoms with van der Waals surface area (Å²) in [6.45, 7) is 3.92. The summed E-state index contributed by atoms with van der Waals surface area (Å²) in [5.41, 5.74) is 8.54. The summed E-state index contributed by atoms with van der Waals surface area (Å²) in [4.78, 5) is 3.95. The van der Waals surface area contributed by atoms with Crippen LogP contribution in [0.4, 0.5) is 0 Å². The van der Waals surface area contributed by atoms with Crippen LogP contribution in [0, 0.1) is 11.3 Å². The van der Waals surface area contributed by atoms with Crippen LogP contribution in [0.1, 0.15) is 25.0 Å². The molecule has 0 unspecified atom stereocenters. The minimum absolute atomic E-state index is 0.0843. The molecule has 0 radical (unpaired) electrons. The van der Waals surface area contributed by atoms with Crippen LogP contribution in [-0.2, 0) is 0 Å².